The quantitative estimate of drug-likeness (QED) is 0.889. The van der Waals surface area contributed by atoms with Gasteiger partial charge in [-0.05, 0) is 42.6 Å². The van der Waals surface area contributed by atoms with Gasteiger partial charge in [-0.2, -0.15) is 0 Å². The standard InChI is InChI=1S/C13H12ClF2NS/c1-17-12(13-11(14)2-3-18-13)6-8-4-9(15)7-10(16)5-8/h2-5,7,12,17H,6H2,1H3. The third-order valence-electron chi connectivity index (χ3n) is 2.67. The molecule has 0 radical (unpaired) electrons. The fourth-order valence-corrected chi connectivity index (χ4v) is 3.14. The van der Waals surface area contributed by atoms with Gasteiger partial charge in [-0.25, -0.2) is 8.78 Å². The normalized spacial score (nSPS) is 12.7. The molecule has 0 spiro atoms. The molecule has 5 heteroatoms. The maximum absolute atomic E-state index is 13.1. The second kappa shape index (κ2) is 5.78. The Hall–Kier alpha value is -0.970. The van der Waals surface area contributed by atoms with Gasteiger partial charge in [-0.1, -0.05) is 11.6 Å². The monoisotopic (exact) mass is 287 g/mol. The molecule has 0 saturated carbocycles. The van der Waals surface area contributed by atoms with Gasteiger partial charge >= 0.3 is 0 Å². The van der Waals surface area contributed by atoms with Gasteiger partial charge in [0.15, 0.2) is 0 Å². The summed E-state index contributed by atoms with van der Waals surface area (Å²) in [6.07, 6.45) is 0.491. The van der Waals surface area contributed by atoms with Gasteiger partial charge in [0.2, 0.25) is 0 Å². The van der Waals surface area contributed by atoms with E-state index in [4.69, 9.17) is 11.6 Å². The Balaban J connectivity index is 2.23. The van der Waals surface area contributed by atoms with Crippen LogP contribution >= 0.6 is 22.9 Å². The first-order chi connectivity index (χ1) is 8.60. The van der Waals surface area contributed by atoms with Gasteiger partial charge in [-0.15, -0.1) is 11.3 Å². The van der Waals surface area contributed by atoms with Crippen LogP contribution in [0.3, 0.4) is 0 Å². The van der Waals surface area contributed by atoms with Crippen molar-refractivity contribution in [1.29, 1.82) is 0 Å². The third-order valence-corrected chi connectivity index (χ3v) is 4.14. The minimum absolute atomic E-state index is 0.0429. The zero-order valence-electron chi connectivity index (χ0n) is 9.71. The minimum Gasteiger partial charge on any atom is -0.312 e. The van der Waals surface area contributed by atoms with Crippen LogP contribution in [0.1, 0.15) is 16.5 Å². The Morgan fingerprint density at radius 2 is 1.94 bits per heavy atom. The summed E-state index contributed by atoms with van der Waals surface area (Å²) in [4.78, 5) is 0.976. The van der Waals surface area contributed by atoms with Crippen molar-refractivity contribution in [3.05, 3.63) is 56.7 Å². The lowest BCUT2D eigenvalue weighted by atomic mass is 10.0. The fourth-order valence-electron chi connectivity index (χ4n) is 1.84. The largest absolute Gasteiger partial charge is 0.312 e. The summed E-state index contributed by atoms with van der Waals surface area (Å²) >= 11 is 7.59. The van der Waals surface area contributed by atoms with E-state index in [2.05, 4.69) is 5.32 Å². The molecular weight excluding hydrogens is 276 g/mol. The van der Waals surface area contributed by atoms with Crippen LogP contribution in [0, 0.1) is 11.6 Å². The minimum atomic E-state index is -0.558. The van der Waals surface area contributed by atoms with E-state index in [0.717, 1.165) is 10.9 Å². The molecule has 0 amide bonds. The first kappa shape index (κ1) is 13.5. The van der Waals surface area contributed by atoms with Gasteiger partial charge in [0.25, 0.3) is 0 Å². The van der Waals surface area contributed by atoms with Crippen LogP contribution in [0.2, 0.25) is 5.02 Å². The zero-order chi connectivity index (χ0) is 13.1. The Morgan fingerprint density at radius 3 is 2.44 bits per heavy atom. The molecule has 1 N–H and O–H groups in total. The van der Waals surface area contributed by atoms with Crippen LogP contribution < -0.4 is 5.32 Å². The Labute approximate surface area is 113 Å². The van der Waals surface area contributed by atoms with E-state index in [9.17, 15) is 8.78 Å². The molecule has 0 aliphatic rings. The Bertz CT molecular complexity index is 521. The van der Waals surface area contributed by atoms with E-state index in [1.54, 1.807) is 7.05 Å². The van der Waals surface area contributed by atoms with Crippen LogP contribution in [-0.2, 0) is 6.42 Å². The van der Waals surface area contributed by atoms with Crippen molar-refractivity contribution in [1.82, 2.24) is 5.32 Å². The zero-order valence-corrected chi connectivity index (χ0v) is 11.3. The van der Waals surface area contributed by atoms with Gasteiger partial charge in [0.1, 0.15) is 11.6 Å². The molecule has 0 bridgehead atoms. The van der Waals surface area contributed by atoms with E-state index in [-0.39, 0.29) is 6.04 Å². The SMILES string of the molecule is CNC(Cc1cc(F)cc(F)c1)c1sccc1Cl. The molecule has 1 nitrogen and oxygen atoms in total. The van der Waals surface area contributed by atoms with Crippen molar-refractivity contribution in [3.8, 4) is 0 Å². The van der Waals surface area contributed by atoms with Crippen LogP contribution in [0.5, 0.6) is 0 Å². The predicted octanol–water partition coefficient (Wildman–Crippen LogP) is 4.18. The molecule has 0 aliphatic heterocycles. The summed E-state index contributed by atoms with van der Waals surface area (Å²) in [5.41, 5.74) is 0.608. The first-order valence-electron chi connectivity index (χ1n) is 5.45. The highest BCUT2D eigenvalue weighted by Crippen LogP contribution is 2.30. The second-order valence-electron chi connectivity index (χ2n) is 3.96. The summed E-state index contributed by atoms with van der Waals surface area (Å²) < 4.78 is 26.2. The Morgan fingerprint density at radius 1 is 1.28 bits per heavy atom. The predicted molar refractivity (Wildman–Crippen MR) is 71.2 cm³/mol. The molecule has 96 valence electrons. The van der Waals surface area contributed by atoms with Crippen LogP contribution in [0.15, 0.2) is 29.6 Å². The van der Waals surface area contributed by atoms with E-state index in [0.29, 0.717) is 17.0 Å². The average molecular weight is 288 g/mol. The number of benzene rings is 1. The number of nitrogens with one attached hydrogen (secondary N) is 1. The molecule has 18 heavy (non-hydrogen) atoms. The molecule has 1 unspecified atom stereocenters. The smallest absolute Gasteiger partial charge is 0.126 e. The van der Waals surface area contributed by atoms with Crippen LogP contribution in [-0.4, -0.2) is 7.05 Å². The summed E-state index contributed by atoms with van der Waals surface area (Å²) in [7, 11) is 1.80. The van der Waals surface area contributed by atoms with Crippen molar-refractivity contribution in [2.45, 2.75) is 12.5 Å². The van der Waals surface area contributed by atoms with Crippen molar-refractivity contribution >= 4 is 22.9 Å². The van der Waals surface area contributed by atoms with Gasteiger partial charge in [0.05, 0.1) is 5.02 Å². The molecule has 1 aromatic heterocycles. The number of rotatable bonds is 4. The van der Waals surface area contributed by atoms with Gasteiger partial charge in [0, 0.05) is 17.0 Å². The molecular formula is C13H12ClF2NS. The number of thiophene rings is 1. The Kier molecular flexibility index (Phi) is 4.32. The van der Waals surface area contributed by atoms with Crippen molar-refractivity contribution < 1.29 is 8.78 Å². The number of likely N-dealkylation sites (N-methyl/N-ethyl adjacent to an activating group) is 1. The first-order valence-corrected chi connectivity index (χ1v) is 6.71. The van der Waals surface area contributed by atoms with E-state index in [1.165, 1.54) is 23.5 Å². The highest BCUT2D eigenvalue weighted by Gasteiger charge is 2.15. The van der Waals surface area contributed by atoms with Crippen molar-refractivity contribution in [3.63, 3.8) is 0 Å². The van der Waals surface area contributed by atoms with E-state index < -0.39 is 11.6 Å². The van der Waals surface area contributed by atoms with E-state index in [1.807, 2.05) is 11.4 Å². The lowest BCUT2D eigenvalue weighted by Crippen LogP contribution is -2.18. The van der Waals surface area contributed by atoms with Gasteiger partial charge in [-0.3, -0.25) is 0 Å². The van der Waals surface area contributed by atoms with Crippen LogP contribution in [0.4, 0.5) is 8.78 Å². The molecule has 0 saturated heterocycles. The maximum atomic E-state index is 13.1. The topological polar surface area (TPSA) is 12.0 Å². The number of hydrogen-bond donors (Lipinski definition) is 1. The number of halogens is 3. The second-order valence-corrected chi connectivity index (χ2v) is 5.31. The lowest BCUT2D eigenvalue weighted by Gasteiger charge is -2.15. The summed E-state index contributed by atoms with van der Waals surface area (Å²) in [5, 5.41) is 5.69. The lowest BCUT2D eigenvalue weighted by molar-refractivity contribution is 0.565. The van der Waals surface area contributed by atoms with Crippen molar-refractivity contribution in [2.75, 3.05) is 7.05 Å². The maximum Gasteiger partial charge on any atom is 0.126 e. The number of hydrogen-bond acceptors (Lipinski definition) is 2. The summed E-state index contributed by atoms with van der Waals surface area (Å²) in [6, 6.07) is 5.33. The third kappa shape index (κ3) is 3.07. The van der Waals surface area contributed by atoms with Gasteiger partial charge < -0.3 is 5.32 Å². The molecule has 2 rings (SSSR count). The molecule has 1 heterocycles. The molecule has 2 aromatic rings. The average Bonchev–Trinajstić information content (AvgIpc) is 2.71. The van der Waals surface area contributed by atoms with Crippen molar-refractivity contribution in [2.24, 2.45) is 0 Å². The molecule has 0 fully saturated rings. The highest BCUT2D eigenvalue weighted by molar-refractivity contribution is 7.10. The highest BCUT2D eigenvalue weighted by atomic mass is 35.5. The van der Waals surface area contributed by atoms with E-state index >= 15 is 0 Å². The molecule has 1 aromatic carbocycles. The summed E-state index contributed by atoms with van der Waals surface area (Å²) in [5.74, 6) is -1.12. The summed E-state index contributed by atoms with van der Waals surface area (Å²) in [6.45, 7) is 0. The molecule has 1 atom stereocenters. The fraction of sp³-hybridized carbons (Fsp3) is 0.231. The molecule has 0 aliphatic carbocycles. The van der Waals surface area contributed by atoms with Crippen LogP contribution in [0.25, 0.3) is 0 Å².